The van der Waals surface area contributed by atoms with Gasteiger partial charge in [0.05, 0.1) is 25.2 Å². The van der Waals surface area contributed by atoms with E-state index in [1.807, 2.05) is 0 Å². The first kappa shape index (κ1) is 25.6. The first-order valence-corrected chi connectivity index (χ1v) is 10.9. The smallest absolute Gasteiger partial charge is 0.255 e. The molecule has 1 aromatic heterocycles. The van der Waals surface area contributed by atoms with Gasteiger partial charge in [0.15, 0.2) is 23.9 Å². The number of nitrogens with two attached hydrogens (primary N) is 1. The van der Waals surface area contributed by atoms with Crippen LogP contribution in [0.1, 0.15) is 20.8 Å². The number of rotatable bonds is 10. The molecule has 3 aromatic rings. The van der Waals surface area contributed by atoms with Crippen molar-refractivity contribution >= 4 is 33.5 Å². The largest absolute Gasteiger partial charge is 0.494 e. The molecular formula is C24H21BrFN3O6. The highest BCUT2D eigenvalue weighted by molar-refractivity contribution is 9.10. The Morgan fingerprint density at radius 2 is 1.71 bits per heavy atom. The fraction of sp³-hybridized carbons (Fsp3) is 0.167. The number of hydrogen-bond donors (Lipinski definition) is 2. The average molecular weight is 546 g/mol. The van der Waals surface area contributed by atoms with Crippen LogP contribution in [0.5, 0.6) is 17.2 Å². The molecule has 35 heavy (non-hydrogen) atoms. The number of ether oxygens (including phenoxy) is 3. The number of primary amides is 1. The molecule has 1 heterocycles. The fourth-order valence-corrected chi connectivity index (χ4v) is 3.43. The van der Waals surface area contributed by atoms with Crippen molar-refractivity contribution in [3.8, 4) is 28.5 Å². The van der Waals surface area contributed by atoms with Crippen LogP contribution in [0.3, 0.4) is 0 Å². The highest BCUT2D eigenvalue weighted by atomic mass is 79.9. The van der Waals surface area contributed by atoms with Gasteiger partial charge >= 0.3 is 0 Å². The summed E-state index contributed by atoms with van der Waals surface area (Å²) in [5.74, 6) is -1.22. The zero-order chi connectivity index (χ0) is 25.5. The molecule has 2 amide bonds. The van der Waals surface area contributed by atoms with Gasteiger partial charge in [-0.3, -0.25) is 14.4 Å². The van der Waals surface area contributed by atoms with Crippen molar-refractivity contribution in [1.82, 2.24) is 10.3 Å². The Kier molecular flexibility index (Phi) is 8.37. The van der Waals surface area contributed by atoms with E-state index >= 15 is 0 Å². The predicted molar refractivity (Wildman–Crippen MR) is 128 cm³/mol. The molecule has 0 saturated carbocycles. The quantitative estimate of drug-likeness (QED) is 0.374. The lowest BCUT2D eigenvalue weighted by Crippen LogP contribution is -2.30. The molecule has 0 aliphatic carbocycles. The number of nitrogens with zero attached hydrogens (tertiary/aromatic N) is 1. The molecule has 0 unspecified atom stereocenters. The summed E-state index contributed by atoms with van der Waals surface area (Å²) in [7, 11) is 2.84. The van der Waals surface area contributed by atoms with Gasteiger partial charge in [-0.15, -0.1) is 0 Å². The number of pyridine rings is 1. The fourth-order valence-electron chi connectivity index (χ4n) is 3.05. The lowest BCUT2D eigenvalue weighted by molar-refractivity contribution is -0.119. The van der Waals surface area contributed by atoms with Crippen molar-refractivity contribution in [3.05, 3.63) is 70.1 Å². The third-order valence-corrected chi connectivity index (χ3v) is 5.37. The normalized spacial score (nSPS) is 10.4. The number of amides is 2. The van der Waals surface area contributed by atoms with Gasteiger partial charge in [0.25, 0.3) is 11.8 Å². The Morgan fingerprint density at radius 3 is 2.37 bits per heavy atom. The van der Waals surface area contributed by atoms with Crippen molar-refractivity contribution in [2.75, 3.05) is 27.4 Å². The first-order valence-electron chi connectivity index (χ1n) is 10.1. The van der Waals surface area contributed by atoms with Crippen LogP contribution in [-0.2, 0) is 4.79 Å². The van der Waals surface area contributed by atoms with E-state index in [9.17, 15) is 18.8 Å². The van der Waals surface area contributed by atoms with Crippen molar-refractivity contribution in [1.29, 1.82) is 0 Å². The van der Waals surface area contributed by atoms with E-state index in [-0.39, 0.29) is 40.4 Å². The average Bonchev–Trinajstić information content (AvgIpc) is 2.86. The number of aromatic nitrogens is 1. The maximum absolute atomic E-state index is 13.6. The lowest BCUT2D eigenvalue weighted by Gasteiger charge is -2.12. The van der Waals surface area contributed by atoms with Crippen LogP contribution in [-0.4, -0.2) is 50.0 Å². The summed E-state index contributed by atoms with van der Waals surface area (Å²) in [5.41, 5.74) is 6.26. The molecule has 0 atom stereocenters. The second-order valence-electron chi connectivity index (χ2n) is 7.10. The summed E-state index contributed by atoms with van der Waals surface area (Å²) in [6.07, 6.45) is 0. The standard InChI is InChI=1S/C24H21BrFN3O6/c1-33-20-8-6-17(29-23(20)13-3-5-16(26)15(25)9-13)18(30)11-28-24(32)14-4-7-19(21(10-14)34-2)35-12-22(27)31/h3-10H,11-12H2,1-2H3,(H2,27,31)(H,28,32). The van der Waals surface area contributed by atoms with Crippen molar-refractivity contribution in [2.24, 2.45) is 5.73 Å². The van der Waals surface area contributed by atoms with Crippen molar-refractivity contribution in [3.63, 3.8) is 0 Å². The Labute approximate surface area is 208 Å². The third kappa shape index (κ3) is 6.33. The first-order chi connectivity index (χ1) is 16.7. The van der Waals surface area contributed by atoms with Crippen LogP contribution in [0.15, 0.2) is 53.0 Å². The van der Waals surface area contributed by atoms with Gasteiger partial charge < -0.3 is 25.3 Å². The Morgan fingerprint density at radius 1 is 1.00 bits per heavy atom. The molecule has 9 nitrogen and oxygen atoms in total. The Hall–Kier alpha value is -3.99. The van der Waals surface area contributed by atoms with Gasteiger partial charge in [0.2, 0.25) is 0 Å². The number of ketones is 1. The molecule has 0 aliphatic heterocycles. The van der Waals surface area contributed by atoms with Gasteiger partial charge in [0.1, 0.15) is 23.0 Å². The SMILES string of the molecule is COc1cc(C(=O)NCC(=O)c2ccc(OC)c(-c3ccc(F)c(Br)c3)n2)ccc1OCC(N)=O. The van der Waals surface area contributed by atoms with Crippen molar-refractivity contribution < 1.29 is 33.0 Å². The van der Waals surface area contributed by atoms with E-state index < -0.39 is 23.4 Å². The van der Waals surface area contributed by atoms with Crippen LogP contribution in [0.2, 0.25) is 0 Å². The van der Waals surface area contributed by atoms with E-state index in [2.05, 4.69) is 26.2 Å². The maximum atomic E-state index is 13.6. The molecule has 0 radical (unpaired) electrons. The van der Waals surface area contributed by atoms with Crippen LogP contribution >= 0.6 is 15.9 Å². The minimum absolute atomic E-state index is 0.0920. The summed E-state index contributed by atoms with van der Waals surface area (Å²) in [6, 6.07) is 11.7. The lowest BCUT2D eigenvalue weighted by atomic mass is 10.1. The molecular weight excluding hydrogens is 525 g/mol. The highest BCUT2D eigenvalue weighted by Crippen LogP contribution is 2.31. The van der Waals surface area contributed by atoms with Crippen LogP contribution < -0.4 is 25.3 Å². The Balaban J connectivity index is 1.74. The van der Waals surface area contributed by atoms with Gasteiger partial charge in [-0.1, -0.05) is 0 Å². The molecule has 0 fully saturated rings. The number of carbonyl (C=O) groups excluding carboxylic acids is 3. The summed E-state index contributed by atoms with van der Waals surface area (Å²) in [6.45, 7) is -0.672. The van der Waals surface area contributed by atoms with Gasteiger partial charge in [-0.05, 0) is 64.5 Å². The van der Waals surface area contributed by atoms with E-state index in [0.717, 1.165) is 0 Å². The topological polar surface area (TPSA) is 130 Å². The minimum Gasteiger partial charge on any atom is -0.494 e. The second-order valence-corrected chi connectivity index (χ2v) is 7.96. The number of methoxy groups -OCH3 is 2. The molecule has 182 valence electrons. The summed E-state index contributed by atoms with van der Waals surface area (Å²) >= 11 is 3.13. The number of nitrogens with one attached hydrogen (secondary N) is 1. The van der Waals surface area contributed by atoms with Crippen LogP contribution in [0, 0.1) is 5.82 Å². The molecule has 0 spiro atoms. The van der Waals surface area contributed by atoms with E-state index in [1.165, 1.54) is 56.7 Å². The molecule has 3 N–H and O–H groups in total. The summed E-state index contributed by atoms with van der Waals surface area (Å²) < 4.78 is 29.6. The summed E-state index contributed by atoms with van der Waals surface area (Å²) in [4.78, 5) is 40.6. The molecule has 11 heteroatoms. The highest BCUT2D eigenvalue weighted by Gasteiger charge is 2.17. The molecule has 0 saturated heterocycles. The second kappa shape index (κ2) is 11.4. The maximum Gasteiger partial charge on any atom is 0.255 e. The zero-order valence-electron chi connectivity index (χ0n) is 18.8. The monoisotopic (exact) mass is 545 g/mol. The van der Waals surface area contributed by atoms with E-state index in [1.54, 1.807) is 6.07 Å². The predicted octanol–water partition coefficient (Wildman–Crippen LogP) is 3.14. The van der Waals surface area contributed by atoms with Crippen LogP contribution in [0.4, 0.5) is 4.39 Å². The van der Waals surface area contributed by atoms with Crippen molar-refractivity contribution in [2.45, 2.75) is 0 Å². The number of halogens is 2. The van der Waals surface area contributed by atoms with Gasteiger partial charge in [-0.25, -0.2) is 9.37 Å². The number of benzene rings is 2. The van der Waals surface area contributed by atoms with E-state index in [0.29, 0.717) is 17.0 Å². The Bertz CT molecular complexity index is 1280. The zero-order valence-corrected chi connectivity index (χ0v) is 20.3. The third-order valence-electron chi connectivity index (χ3n) is 4.76. The van der Waals surface area contributed by atoms with Crippen LogP contribution in [0.25, 0.3) is 11.3 Å². The minimum atomic E-state index is -0.658. The van der Waals surface area contributed by atoms with E-state index in [4.69, 9.17) is 19.9 Å². The number of carbonyl (C=O) groups is 3. The molecule has 2 aromatic carbocycles. The molecule has 3 rings (SSSR count). The number of hydrogen-bond acceptors (Lipinski definition) is 7. The van der Waals surface area contributed by atoms with Gasteiger partial charge in [0, 0.05) is 11.1 Å². The molecule has 0 aliphatic rings. The summed E-state index contributed by atoms with van der Waals surface area (Å²) in [5, 5.41) is 2.54. The van der Waals surface area contributed by atoms with Gasteiger partial charge in [-0.2, -0.15) is 0 Å². The molecule has 0 bridgehead atoms. The number of Topliss-reactive ketones (excluding diaryl/α,β-unsaturated/α-hetero) is 1.